The Bertz CT molecular complexity index is 665. The number of carbonyl (C=O) groups is 2. The second-order valence-corrected chi connectivity index (χ2v) is 5.24. The zero-order chi connectivity index (χ0) is 15.9. The van der Waals surface area contributed by atoms with Crippen LogP contribution in [0.3, 0.4) is 0 Å². The van der Waals surface area contributed by atoms with E-state index in [4.69, 9.17) is 5.11 Å². The predicted octanol–water partition coefficient (Wildman–Crippen LogP) is 0.996. The fraction of sp³-hybridized carbons (Fsp3) is 0.294. The number of aliphatic hydroxyl groups is 1. The minimum Gasteiger partial charge on any atom is -0.394 e. The quantitative estimate of drug-likeness (QED) is 0.744. The van der Waals surface area contributed by atoms with Crippen LogP contribution >= 0.6 is 0 Å². The summed E-state index contributed by atoms with van der Waals surface area (Å²) in [5, 5.41) is 16.1. The molecule has 1 unspecified atom stereocenters. The molecule has 0 saturated carbocycles. The van der Waals surface area contributed by atoms with Crippen LogP contribution in [0.25, 0.3) is 10.8 Å². The third-order valence-corrected chi connectivity index (χ3v) is 3.36. The van der Waals surface area contributed by atoms with Crippen molar-refractivity contribution in [1.29, 1.82) is 0 Å². The molecule has 0 bridgehead atoms. The fourth-order valence-electron chi connectivity index (χ4n) is 2.23. The van der Waals surface area contributed by atoms with Crippen LogP contribution in [0.2, 0.25) is 0 Å². The first-order valence-corrected chi connectivity index (χ1v) is 7.23. The fourth-order valence-corrected chi connectivity index (χ4v) is 2.23. The predicted molar refractivity (Wildman–Crippen MR) is 85.4 cm³/mol. The summed E-state index contributed by atoms with van der Waals surface area (Å²) in [6.45, 7) is 1.47. The van der Waals surface area contributed by atoms with Gasteiger partial charge in [0.25, 0.3) is 0 Å². The van der Waals surface area contributed by atoms with Crippen LogP contribution in [-0.4, -0.2) is 36.1 Å². The third kappa shape index (κ3) is 4.30. The molecule has 5 nitrogen and oxygen atoms in total. The molecule has 2 aromatic rings. The van der Waals surface area contributed by atoms with Crippen molar-refractivity contribution in [3.63, 3.8) is 0 Å². The molecule has 1 atom stereocenters. The molecule has 3 N–H and O–H groups in total. The van der Waals surface area contributed by atoms with Crippen LogP contribution in [0.4, 0.5) is 0 Å². The number of aliphatic hydroxyl groups excluding tert-OH is 1. The van der Waals surface area contributed by atoms with Gasteiger partial charge in [-0.15, -0.1) is 0 Å². The lowest BCUT2D eigenvalue weighted by Crippen LogP contribution is -2.42. The summed E-state index contributed by atoms with van der Waals surface area (Å²) in [6, 6.07) is 13.4. The molecule has 5 heteroatoms. The van der Waals surface area contributed by atoms with Gasteiger partial charge in [-0.1, -0.05) is 42.5 Å². The van der Waals surface area contributed by atoms with E-state index in [1.807, 2.05) is 42.5 Å². The van der Waals surface area contributed by atoms with Gasteiger partial charge in [-0.2, -0.15) is 0 Å². The van der Waals surface area contributed by atoms with Gasteiger partial charge in [0.1, 0.15) is 0 Å². The maximum Gasteiger partial charge on any atom is 0.239 e. The Kier molecular flexibility index (Phi) is 5.49. The highest BCUT2D eigenvalue weighted by atomic mass is 16.3. The molecule has 0 aliphatic heterocycles. The van der Waals surface area contributed by atoms with E-state index >= 15 is 0 Å². The molecule has 0 fully saturated rings. The molecule has 2 aromatic carbocycles. The van der Waals surface area contributed by atoms with Crippen molar-refractivity contribution in [1.82, 2.24) is 10.6 Å². The van der Waals surface area contributed by atoms with Crippen LogP contribution in [0.5, 0.6) is 0 Å². The first-order valence-electron chi connectivity index (χ1n) is 7.23. The standard InChI is InChI=1S/C17H20N2O3/c1-12(11-20)19-17(22)10-18-16(21)9-14-7-4-6-13-5-2-3-8-15(13)14/h2-8,12,20H,9-11H2,1H3,(H,18,21)(H,19,22). The summed E-state index contributed by atoms with van der Waals surface area (Å²) in [5.41, 5.74) is 0.930. The molecule has 2 amide bonds. The van der Waals surface area contributed by atoms with E-state index < -0.39 is 0 Å². The van der Waals surface area contributed by atoms with Crippen molar-refractivity contribution in [3.05, 3.63) is 48.0 Å². The van der Waals surface area contributed by atoms with Gasteiger partial charge in [0.2, 0.25) is 11.8 Å². The van der Waals surface area contributed by atoms with Crippen LogP contribution in [0, 0.1) is 0 Å². The van der Waals surface area contributed by atoms with Crippen molar-refractivity contribution in [3.8, 4) is 0 Å². The minimum atomic E-state index is -0.317. The van der Waals surface area contributed by atoms with E-state index in [9.17, 15) is 9.59 Å². The SMILES string of the molecule is CC(CO)NC(=O)CNC(=O)Cc1cccc2ccccc12. The topological polar surface area (TPSA) is 78.4 Å². The number of benzene rings is 2. The van der Waals surface area contributed by atoms with Crippen molar-refractivity contribution in [2.45, 2.75) is 19.4 Å². The van der Waals surface area contributed by atoms with E-state index in [1.165, 1.54) is 0 Å². The lowest BCUT2D eigenvalue weighted by Gasteiger charge is -2.11. The number of hydrogen-bond donors (Lipinski definition) is 3. The molecule has 0 radical (unpaired) electrons. The molecule has 0 spiro atoms. The van der Waals surface area contributed by atoms with Gasteiger partial charge in [0.05, 0.1) is 19.6 Å². The first kappa shape index (κ1) is 16.0. The van der Waals surface area contributed by atoms with E-state index in [0.717, 1.165) is 16.3 Å². The zero-order valence-electron chi connectivity index (χ0n) is 12.5. The van der Waals surface area contributed by atoms with Crippen LogP contribution in [0.15, 0.2) is 42.5 Å². The Morgan fingerprint density at radius 2 is 1.82 bits per heavy atom. The summed E-state index contributed by atoms with van der Waals surface area (Å²) in [6.07, 6.45) is 0.226. The van der Waals surface area contributed by atoms with Gasteiger partial charge < -0.3 is 15.7 Å². The lowest BCUT2D eigenvalue weighted by molar-refractivity contribution is -0.126. The Morgan fingerprint density at radius 3 is 2.59 bits per heavy atom. The molecular formula is C17H20N2O3. The summed E-state index contributed by atoms with van der Waals surface area (Å²) in [7, 11) is 0. The highest BCUT2D eigenvalue weighted by molar-refractivity contribution is 5.91. The Labute approximate surface area is 129 Å². The molecule has 0 aliphatic carbocycles. The van der Waals surface area contributed by atoms with Gasteiger partial charge in [0.15, 0.2) is 0 Å². The molecule has 22 heavy (non-hydrogen) atoms. The maximum absolute atomic E-state index is 12.0. The number of hydrogen-bond acceptors (Lipinski definition) is 3. The van der Waals surface area contributed by atoms with Gasteiger partial charge >= 0.3 is 0 Å². The number of nitrogens with one attached hydrogen (secondary N) is 2. The van der Waals surface area contributed by atoms with E-state index in [2.05, 4.69) is 10.6 Å². The van der Waals surface area contributed by atoms with Gasteiger partial charge in [0, 0.05) is 6.04 Å². The van der Waals surface area contributed by atoms with Crippen molar-refractivity contribution >= 4 is 22.6 Å². The van der Waals surface area contributed by atoms with Gasteiger partial charge in [-0.05, 0) is 23.3 Å². The Balaban J connectivity index is 1.93. The largest absolute Gasteiger partial charge is 0.394 e. The van der Waals surface area contributed by atoms with E-state index in [0.29, 0.717) is 0 Å². The third-order valence-electron chi connectivity index (χ3n) is 3.36. The highest BCUT2D eigenvalue weighted by Gasteiger charge is 2.10. The van der Waals surface area contributed by atoms with Crippen LogP contribution < -0.4 is 10.6 Å². The Hall–Kier alpha value is -2.40. The van der Waals surface area contributed by atoms with Gasteiger partial charge in [-0.3, -0.25) is 9.59 Å². The summed E-state index contributed by atoms with van der Waals surface area (Å²) < 4.78 is 0. The monoisotopic (exact) mass is 300 g/mol. The second kappa shape index (κ2) is 7.56. The van der Waals surface area contributed by atoms with Crippen molar-refractivity contribution < 1.29 is 14.7 Å². The molecule has 0 heterocycles. The van der Waals surface area contributed by atoms with Crippen molar-refractivity contribution in [2.24, 2.45) is 0 Å². The number of fused-ring (bicyclic) bond motifs is 1. The lowest BCUT2D eigenvalue weighted by atomic mass is 10.0. The molecular weight excluding hydrogens is 280 g/mol. The molecule has 116 valence electrons. The minimum absolute atomic E-state index is 0.0893. The number of amides is 2. The highest BCUT2D eigenvalue weighted by Crippen LogP contribution is 2.18. The average molecular weight is 300 g/mol. The molecule has 2 rings (SSSR count). The van der Waals surface area contributed by atoms with Gasteiger partial charge in [-0.25, -0.2) is 0 Å². The molecule has 0 aliphatic rings. The van der Waals surface area contributed by atoms with E-state index in [1.54, 1.807) is 6.92 Å². The summed E-state index contributed by atoms with van der Waals surface area (Å²) >= 11 is 0. The Morgan fingerprint density at radius 1 is 1.09 bits per heavy atom. The summed E-state index contributed by atoms with van der Waals surface area (Å²) in [4.78, 5) is 23.5. The normalized spacial score (nSPS) is 11.9. The second-order valence-electron chi connectivity index (χ2n) is 5.24. The molecule has 0 saturated heterocycles. The van der Waals surface area contributed by atoms with Crippen LogP contribution in [-0.2, 0) is 16.0 Å². The zero-order valence-corrected chi connectivity index (χ0v) is 12.5. The first-order chi connectivity index (χ1) is 10.6. The van der Waals surface area contributed by atoms with Crippen LogP contribution in [0.1, 0.15) is 12.5 Å². The number of carbonyl (C=O) groups excluding carboxylic acids is 2. The number of rotatable bonds is 6. The molecule has 0 aromatic heterocycles. The van der Waals surface area contributed by atoms with E-state index in [-0.39, 0.29) is 37.4 Å². The average Bonchev–Trinajstić information content (AvgIpc) is 2.53. The van der Waals surface area contributed by atoms with Crippen molar-refractivity contribution in [2.75, 3.05) is 13.2 Å². The maximum atomic E-state index is 12.0. The summed E-state index contributed by atoms with van der Waals surface area (Å²) in [5.74, 6) is -0.518. The smallest absolute Gasteiger partial charge is 0.239 e.